The van der Waals surface area contributed by atoms with Crippen molar-refractivity contribution in [2.75, 3.05) is 25.9 Å². The van der Waals surface area contributed by atoms with Gasteiger partial charge in [-0.1, -0.05) is 35.1 Å². The van der Waals surface area contributed by atoms with Crippen LogP contribution in [0.5, 0.6) is 0 Å². The molecule has 4 rings (SSSR count). The van der Waals surface area contributed by atoms with E-state index in [0.29, 0.717) is 18.1 Å². The number of carbonyl (C=O) groups is 1. The highest BCUT2D eigenvalue weighted by molar-refractivity contribution is 7.91. The number of carbonyl (C=O) groups excluding carboxylic acids is 1. The first-order chi connectivity index (χ1) is 15.3. The maximum Gasteiger partial charge on any atom is 0.321 e. The van der Waals surface area contributed by atoms with Gasteiger partial charge < -0.3 is 0 Å². The Morgan fingerprint density at radius 3 is 2.50 bits per heavy atom. The van der Waals surface area contributed by atoms with E-state index in [4.69, 9.17) is 11.6 Å². The predicted molar refractivity (Wildman–Crippen MR) is 131 cm³/mol. The number of sulfone groups is 1. The number of likely N-dealkylation sites (tertiary alicyclic amines) is 1. The van der Waals surface area contributed by atoms with Crippen molar-refractivity contribution in [1.82, 2.24) is 9.05 Å². The van der Waals surface area contributed by atoms with E-state index in [-0.39, 0.29) is 27.5 Å². The number of amides is 1. The van der Waals surface area contributed by atoms with Crippen LogP contribution < -0.4 is 9.28 Å². The van der Waals surface area contributed by atoms with Gasteiger partial charge in [0.1, 0.15) is 0 Å². The first-order valence-electron chi connectivity index (χ1n) is 10.7. The lowest BCUT2D eigenvalue weighted by Crippen LogP contribution is -2.58. The molecule has 6 nitrogen and oxygen atoms in total. The number of halogens is 1. The maximum absolute atomic E-state index is 13.6. The van der Waals surface area contributed by atoms with Crippen LogP contribution in [0.3, 0.4) is 0 Å². The Balaban J connectivity index is 1.60. The van der Waals surface area contributed by atoms with E-state index in [1.807, 2.05) is 23.1 Å². The maximum atomic E-state index is 13.6. The molecule has 0 N–H and O–H groups in total. The van der Waals surface area contributed by atoms with Gasteiger partial charge >= 0.3 is 5.91 Å². The second-order valence-electron chi connectivity index (χ2n) is 8.25. The zero-order valence-electron chi connectivity index (χ0n) is 18.3. The number of benzene rings is 2. The molecule has 2 aromatic carbocycles. The molecule has 0 spiro atoms. The summed E-state index contributed by atoms with van der Waals surface area (Å²) >= 11 is 7.54. The van der Waals surface area contributed by atoms with Crippen LogP contribution in [0.25, 0.3) is 10.8 Å². The minimum atomic E-state index is -3.60. The topological polar surface area (TPSA) is 68.5 Å². The lowest BCUT2D eigenvalue weighted by Gasteiger charge is -2.38. The molecular formula is C23H27ClN3O3S2+. The van der Waals surface area contributed by atoms with E-state index in [0.717, 1.165) is 40.7 Å². The molecule has 1 saturated heterocycles. The standard InChI is InChI=1S/C23H27ClN3O3S2/c1-25-23-26(2)21(16-31-23)27(11-4-3-5-12-27)22(28)10-13-32(29,30)20-9-7-17-14-19(24)8-6-18(17)15-20/h6-9,14-16H,3-5,10-13H2,1-2H3/q+1. The summed E-state index contributed by atoms with van der Waals surface area (Å²) in [6.07, 6.45) is 2.96. The monoisotopic (exact) mass is 492 g/mol. The summed E-state index contributed by atoms with van der Waals surface area (Å²) in [5.74, 6) is 0.654. The van der Waals surface area contributed by atoms with Crippen molar-refractivity contribution in [3.63, 3.8) is 0 Å². The molecule has 170 valence electrons. The van der Waals surface area contributed by atoms with Crippen LogP contribution in [-0.2, 0) is 21.7 Å². The number of nitrogens with zero attached hydrogens (tertiary/aromatic N) is 3. The number of rotatable bonds is 5. The van der Waals surface area contributed by atoms with Crippen LogP contribution in [0.15, 0.2) is 51.7 Å². The van der Waals surface area contributed by atoms with Crippen LogP contribution in [0, 0.1) is 0 Å². The summed E-state index contributed by atoms with van der Waals surface area (Å²) in [7, 11) is 0.0622. The molecule has 1 aliphatic heterocycles. The molecule has 0 unspecified atom stereocenters. The summed E-state index contributed by atoms with van der Waals surface area (Å²) in [5.41, 5.74) is 0. The van der Waals surface area contributed by atoms with Crippen molar-refractivity contribution >= 4 is 55.3 Å². The minimum Gasteiger partial charge on any atom is -0.275 e. The van der Waals surface area contributed by atoms with E-state index < -0.39 is 9.84 Å². The molecule has 3 aromatic rings. The summed E-state index contributed by atoms with van der Waals surface area (Å²) < 4.78 is 28.3. The number of piperidine rings is 1. The van der Waals surface area contributed by atoms with Crippen molar-refractivity contribution < 1.29 is 13.2 Å². The minimum absolute atomic E-state index is 0.0184. The summed E-state index contributed by atoms with van der Waals surface area (Å²) in [5, 5.41) is 4.29. The fourth-order valence-electron chi connectivity index (χ4n) is 4.55. The highest BCUT2D eigenvalue weighted by Crippen LogP contribution is 2.31. The fraction of sp³-hybridized carbons (Fsp3) is 0.391. The van der Waals surface area contributed by atoms with E-state index in [9.17, 15) is 13.2 Å². The first kappa shape index (κ1) is 23.2. The second kappa shape index (κ2) is 9.09. The molecule has 0 aliphatic carbocycles. The van der Waals surface area contributed by atoms with Crippen molar-refractivity contribution in [1.29, 1.82) is 0 Å². The second-order valence-corrected chi connectivity index (χ2v) is 11.6. The third-order valence-electron chi connectivity index (χ3n) is 6.30. The molecule has 1 aromatic heterocycles. The third kappa shape index (κ3) is 4.29. The van der Waals surface area contributed by atoms with Crippen LogP contribution in [0.2, 0.25) is 5.02 Å². The molecule has 1 amide bonds. The quantitative estimate of drug-likeness (QED) is 0.498. The average molecular weight is 493 g/mol. The van der Waals surface area contributed by atoms with Gasteiger partial charge in [-0.05, 0) is 54.3 Å². The number of thiazole rings is 1. The molecule has 9 heteroatoms. The number of quaternary nitrogens is 1. The van der Waals surface area contributed by atoms with E-state index in [1.165, 1.54) is 11.3 Å². The summed E-state index contributed by atoms with van der Waals surface area (Å²) in [6.45, 7) is 1.40. The summed E-state index contributed by atoms with van der Waals surface area (Å²) in [6, 6.07) is 10.4. The molecule has 0 atom stereocenters. The van der Waals surface area contributed by atoms with Crippen molar-refractivity contribution in [3.05, 3.63) is 51.6 Å². The SMILES string of the molecule is CN=c1scc([N+]2(C(=O)CCS(=O)(=O)c3ccc4cc(Cl)ccc4c3)CCCCC2)n1C. The summed E-state index contributed by atoms with van der Waals surface area (Å²) in [4.78, 5) is 18.9. The Morgan fingerprint density at radius 2 is 1.81 bits per heavy atom. The van der Waals surface area contributed by atoms with Gasteiger partial charge in [-0.3, -0.25) is 9.56 Å². The lowest BCUT2D eigenvalue weighted by molar-refractivity contribution is -0.131. The fourth-order valence-corrected chi connectivity index (χ4v) is 6.92. The first-order valence-corrected chi connectivity index (χ1v) is 13.6. The Hall–Kier alpha value is -2.00. The van der Waals surface area contributed by atoms with Gasteiger partial charge in [0.25, 0.3) is 0 Å². The molecule has 2 heterocycles. The van der Waals surface area contributed by atoms with Crippen molar-refractivity contribution in [2.45, 2.75) is 30.6 Å². The van der Waals surface area contributed by atoms with E-state index >= 15 is 0 Å². The molecule has 0 radical (unpaired) electrons. The molecule has 1 fully saturated rings. The van der Waals surface area contributed by atoms with Crippen LogP contribution in [-0.4, -0.2) is 44.8 Å². The average Bonchev–Trinajstić information content (AvgIpc) is 3.18. The van der Waals surface area contributed by atoms with E-state index in [2.05, 4.69) is 4.99 Å². The number of hydrogen-bond donors (Lipinski definition) is 0. The highest BCUT2D eigenvalue weighted by atomic mass is 35.5. The Labute approximate surface area is 197 Å². The van der Waals surface area contributed by atoms with Gasteiger partial charge in [-0.2, -0.15) is 0 Å². The largest absolute Gasteiger partial charge is 0.321 e. The number of fused-ring (bicyclic) bond motifs is 1. The van der Waals surface area contributed by atoms with Crippen LogP contribution in [0.4, 0.5) is 5.82 Å². The number of aromatic nitrogens is 1. The Bertz CT molecular complexity index is 1340. The van der Waals surface area contributed by atoms with Crippen LogP contribution >= 0.6 is 22.9 Å². The zero-order chi connectivity index (χ0) is 22.9. The Kier molecular flexibility index (Phi) is 6.58. The third-order valence-corrected chi connectivity index (χ3v) is 9.25. The molecule has 32 heavy (non-hydrogen) atoms. The van der Waals surface area contributed by atoms with Gasteiger partial charge in [0.15, 0.2) is 14.6 Å². The Morgan fingerprint density at radius 1 is 1.12 bits per heavy atom. The van der Waals surface area contributed by atoms with Crippen molar-refractivity contribution in [3.8, 4) is 0 Å². The van der Waals surface area contributed by atoms with Gasteiger partial charge in [0, 0.05) is 19.1 Å². The van der Waals surface area contributed by atoms with Gasteiger partial charge in [-0.15, -0.1) is 0 Å². The predicted octanol–water partition coefficient (Wildman–Crippen LogP) is 4.31. The molecule has 1 aliphatic rings. The van der Waals surface area contributed by atoms with Gasteiger partial charge in [0.2, 0.25) is 5.82 Å². The van der Waals surface area contributed by atoms with Crippen molar-refractivity contribution in [2.24, 2.45) is 12.0 Å². The normalized spacial score (nSPS) is 17.0. The smallest absolute Gasteiger partial charge is 0.275 e. The molecule has 0 saturated carbocycles. The van der Waals surface area contributed by atoms with Crippen LogP contribution in [0.1, 0.15) is 25.7 Å². The van der Waals surface area contributed by atoms with Gasteiger partial charge in [0.05, 0.1) is 35.5 Å². The lowest BCUT2D eigenvalue weighted by atomic mass is 10.1. The zero-order valence-corrected chi connectivity index (χ0v) is 20.6. The number of hydrogen-bond acceptors (Lipinski definition) is 5. The van der Waals surface area contributed by atoms with Gasteiger partial charge in [-0.25, -0.2) is 17.7 Å². The van der Waals surface area contributed by atoms with E-state index in [1.54, 1.807) is 37.4 Å². The molecular weight excluding hydrogens is 466 g/mol. The molecule has 0 bridgehead atoms. The highest BCUT2D eigenvalue weighted by Gasteiger charge is 2.43.